The normalized spacial score (nSPS) is 14.4. The van der Waals surface area contributed by atoms with Gasteiger partial charge in [0.2, 0.25) is 23.6 Å². The Morgan fingerprint density at radius 2 is 1.20 bits per heavy atom. The van der Waals surface area contributed by atoms with E-state index in [0.29, 0.717) is 17.7 Å². The summed E-state index contributed by atoms with van der Waals surface area (Å²) in [7, 11) is 1.52. The van der Waals surface area contributed by atoms with Crippen LogP contribution < -0.4 is 26.0 Å². The van der Waals surface area contributed by atoms with Gasteiger partial charge in [0.25, 0.3) is 0 Å². The van der Waals surface area contributed by atoms with Crippen molar-refractivity contribution >= 4 is 29.6 Å². The van der Waals surface area contributed by atoms with Gasteiger partial charge in [-0.15, -0.1) is 0 Å². The van der Waals surface area contributed by atoms with Gasteiger partial charge in [-0.05, 0) is 41.4 Å². The maximum absolute atomic E-state index is 13.8. The second-order valence-corrected chi connectivity index (χ2v) is 14.6. The summed E-state index contributed by atoms with van der Waals surface area (Å²) in [5.41, 5.74) is 2.29. The van der Waals surface area contributed by atoms with E-state index in [1.807, 2.05) is 74.5 Å². The molecule has 298 valence electrons. The van der Waals surface area contributed by atoms with Crippen molar-refractivity contribution in [2.75, 3.05) is 7.11 Å². The topological polar surface area (TPSA) is 172 Å². The molecule has 12 heteroatoms. The minimum Gasteiger partial charge on any atom is -0.496 e. The molecule has 2 unspecified atom stereocenters. The fourth-order valence-corrected chi connectivity index (χ4v) is 6.03. The van der Waals surface area contributed by atoms with Gasteiger partial charge in [-0.3, -0.25) is 19.2 Å². The van der Waals surface area contributed by atoms with Crippen molar-refractivity contribution in [1.82, 2.24) is 21.3 Å². The summed E-state index contributed by atoms with van der Waals surface area (Å²) in [6, 6.07) is 21.7. The predicted octanol–water partition coefficient (Wildman–Crippen LogP) is 4.27. The summed E-state index contributed by atoms with van der Waals surface area (Å²) < 4.78 is 10.9. The number of hydrogen-bond acceptors (Lipinski definition) is 8. The highest BCUT2D eigenvalue weighted by atomic mass is 16.5. The molecule has 12 nitrogen and oxygen atoms in total. The van der Waals surface area contributed by atoms with Crippen molar-refractivity contribution in [1.29, 1.82) is 0 Å². The molecule has 4 amide bonds. The lowest BCUT2D eigenvalue weighted by atomic mass is 9.95. The molecule has 3 aromatic rings. The smallest absolute Gasteiger partial charge is 0.329 e. The lowest BCUT2D eigenvalue weighted by molar-refractivity contribution is -0.150. The van der Waals surface area contributed by atoms with Crippen LogP contribution in [0.1, 0.15) is 71.1 Å². The van der Waals surface area contributed by atoms with Crippen LogP contribution in [-0.4, -0.2) is 72.1 Å². The lowest BCUT2D eigenvalue weighted by Crippen LogP contribution is -2.57. The molecular weight excluding hydrogens is 700 g/mol. The minimum atomic E-state index is -1.36. The summed E-state index contributed by atoms with van der Waals surface area (Å²) in [4.78, 5) is 67.2. The highest BCUT2D eigenvalue weighted by molar-refractivity contribution is 5.91. The van der Waals surface area contributed by atoms with E-state index >= 15 is 0 Å². The summed E-state index contributed by atoms with van der Waals surface area (Å²) in [5.74, 6) is -3.02. The Hall–Kier alpha value is -5.23. The molecule has 0 aromatic heterocycles. The molecule has 0 saturated carbocycles. The van der Waals surface area contributed by atoms with Crippen LogP contribution in [0.4, 0.5) is 0 Å². The van der Waals surface area contributed by atoms with E-state index in [0.717, 1.165) is 11.1 Å². The van der Waals surface area contributed by atoms with E-state index in [1.165, 1.54) is 7.11 Å². The first kappa shape index (κ1) is 44.2. The number of aliphatic hydroxyl groups excluding tert-OH is 1. The SMILES string of the molecule is CC[C@H](C)[C@H](NC(=O)C[C@H](O)[C@H](Cc1ccccc1)NC(=O)C(NC(=O)Cc1ccccc1OC)C(C)C)C(=O)NC(C(=O)OCc1ccccc1)C(C)C. The molecule has 0 heterocycles. The Balaban J connectivity index is 1.72. The van der Waals surface area contributed by atoms with Crippen LogP contribution in [0.3, 0.4) is 0 Å². The van der Waals surface area contributed by atoms with Crippen LogP contribution >= 0.6 is 0 Å². The first-order chi connectivity index (χ1) is 26.2. The number of carbonyl (C=O) groups is 5. The standard InChI is InChI=1S/C43H58N4O8/c1-8-29(6)40(42(52)47-39(28(4)5)43(53)55-26-31-19-13-10-14-20-31)46-37(50)25-34(48)33(23-30-17-11-9-12-18-30)44-41(51)38(27(2)3)45-36(49)24-32-21-15-16-22-35(32)54-7/h9-22,27-29,33-34,38-40,48H,8,23-26H2,1-7H3,(H,44,51)(H,45,49)(H,46,50)(H,47,52)/t29-,33-,34-,38?,39?,40-/m0/s1. The molecule has 3 aromatic carbocycles. The Morgan fingerprint density at radius 3 is 1.78 bits per heavy atom. The molecule has 0 aliphatic carbocycles. The van der Waals surface area contributed by atoms with Gasteiger partial charge in [0.15, 0.2) is 0 Å². The Morgan fingerprint density at radius 1 is 0.655 bits per heavy atom. The van der Waals surface area contributed by atoms with Crippen LogP contribution in [-0.2, 0) is 48.2 Å². The van der Waals surface area contributed by atoms with Crippen molar-refractivity contribution in [3.63, 3.8) is 0 Å². The lowest BCUT2D eigenvalue weighted by Gasteiger charge is -2.30. The number of esters is 1. The molecule has 0 aliphatic heterocycles. The number of amides is 4. The number of ether oxygens (including phenoxy) is 2. The molecule has 0 aliphatic rings. The van der Waals surface area contributed by atoms with E-state index in [2.05, 4.69) is 21.3 Å². The minimum absolute atomic E-state index is 0.00549. The van der Waals surface area contributed by atoms with Gasteiger partial charge < -0.3 is 35.8 Å². The number of para-hydroxylation sites is 1. The van der Waals surface area contributed by atoms with Crippen molar-refractivity contribution in [3.05, 3.63) is 102 Å². The summed E-state index contributed by atoms with van der Waals surface area (Å²) in [6.45, 7) is 10.9. The number of rotatable bonds is 21. The Labute approximate surface area is 325 Å². The number of nitrogens with one attached hydrogen (secondary N) is 4. The van der Waals surface area contributed by atoms with Gasteiger partial charge in [0.05, 0.1) is 32.1 Å². The van der Waals surface area contributed by atoms with Crippen LogP contribution in [0.25, 0.3) is 0 Å². The molecule has 0 fully saturated rings. The van der Waals surface area contributed by atoms with Crippen LogP contribution in [0, 0.1) is 17.8 Å². The Kier molecular flexibility index (Phi) is 17.8. The number of aliphatic hydroxyl groups is 1. The summed E-state index contributed by atoms with van der Waals surface area (Å²) >= 11 is 0. The van der Waals surface area contributed by atoms with E-state index in [9.17, 15) is 29.1 Å². The molecule has 0 bridgehead atoms. The first-order valence-electron chi connectivity index (χ1n) is 19.0. The van der Waals surface area contributed by atoms with Crippen molar-refractivity contribution in [2.24, 2.45) is 17.8 Å². The number of hydrogen-bond donors (Lipinski definition) is 5. The molecule has 0 saturated heterocycles. The average Bonchev–Trinajstić information content (AvgIpc) is 3.17. The quantitative estimate of drug-likeness (QED) is 0.100. The molecular formula is C43H58N4O8. The van der Waals surface area contributed by atoms with Gasteiger partial charge in [-0.25, -0.2) is 4.79 Å². The van der Waals surface area contributed by atoms with E-state index in [1.54, 1.807) is 52.0 Å². The van der Waals surface area contributed by atoms with Gasteiger partial charge in [-0.2, -0.15) is 0 Å². The zero-order valence-electron chi connectivity index (χ0n) is 33.0. The second-order valence-electron chi connectivity index (χ2n) is 14.6. The van der Waals surface area contributed by atoms with E-state index in [4.69, 9.17) is 9.47 Å². The van der Waals surface area contributed by atoms with Gasteiger partial charge in [0.1, 0.15) is 30.5 Å². The molecule has 5 N–H and O–H groups in total. The van der Waals surface area contributed by atoms with Crippen molar-refractivity contribution < 1.29 is 38.6 Å². The van der Waals surface area contributed by atoms with Crippen molar-refractivity contribution in [3.8, 4) is 5.75 Å². The van der Waals surface area contributed by atoms with Gasteiger partial charge in [-0.1, -0.05) is 127 Å². The molecule has 0 radical (unpaired) electrons. The molecule has 0 spiro atoms. The molecule has 6 atom stereocenters. The third-order valence-electron chi connectivity index (χ3n) is 9.55. The highest BCUT2D eigenvalue weighted by Crippen LogP contribution is 2.19. The van der Waals surface area contributed by atoms with Crippen LogP contribution in [0.15, 0.2) is 84.9 Å². The van der Waals surface area contributed by atoms with Crippen LogP contribution in [0.2, 0.25) is 0 Å². The number of methoxy groups -OCH3 is 1. The largest absolute Gasteiger partial charge is 0.496 e. The zero-order chi connectivity index (χ0) is 40.5. The third-order valence-corrected chi connectivity index (χ3v) is 9.55. The summed E-state index contributed by atoms with van der Waals surface area (Å²) in [6.07, 6.45) is -1.07. The van der Waals surface area contributed by atoms with Crippen LogP contribution in [0.5, 0.6) is 5.75 Å². The zero-order valence-corrected chi connectivity index (χ0v) is 33.0. The fraction of sp³-hybridized carbons (Fsp3) is 0.465. The maximum Gasteiger partial charge on any atom is 0.329 e. The summed E-state index contributed by atoms with van der Waals surface area (Å²) in [5, 5.41) is 22.8. The average molecular weight is 759 g/mol. The molecule has 55 heavy (non-hydrogen) atoms. The number of benzene rings is 3. The molecule has 3 rings (SSSR count). The van der Waals surface area contributed by atoms with E-state index < -0.39 is 60.4 Å². The third kappa shape index (κ3) is 14.2. The number of carbonyl (C=O) groups excluding carboxylic acids is 5. The maximum atomic E-state index is 13.8. The fourth-order valence-electron chi connectivity index (χ4n) is 6.03. The monoisotopic (exact) mass is 758 g/mol. The van der Waals surface area contributed by atoms with Gasteiger partial charge in [0, 0.05) is 5.56 Å². The predicted molar refractivity (Wildman–Crippen MR) is 211 cm³/mol. The first-order valence-corrected chi connectivity index (χ1v) is 19.0. The highest BCUT2D eigenvalue weighted by Gasteiger charge is 2.34. The Bertz CT molecular complexity index is 1680. The van der Waals surface area contributed by atoms with Gasteiger partial charge >= 0.3 is 5.97 Å². The van der Waals surface area contributed by atoms with Crippen molar-refractivity contribution in [2.45, 2.75) is 104 Å². The second kappa shape index (κ2) is 22.2. The van der Waals surface area contributed by atoms with E-state index in [-0.39, 0.29) is 43.1 Å².